The summed E-state index contributed by atoms with van der Waals surface area (Å²) >= 11 is 0. The Bertz CT molecular complexity index is 96.1. The first kappa shape index (κ1) is 15.8. The Hall–Kier alpha value is 1.39. The fraction of sp³-hybridized carbons (Fsp3) is 1.00. The molecule has 7 heavy (non-hydrogen) atoms. The van der Waals surface area contributed by atoms with E-state index in [9.17, 15) is 0 Å². The summed E-state index contributed by atoms with van der Waals surface area (Å²) in [7, 11) is -3.92. The third kappa shape index (κ3) is 111. The van der Waals surface area contributed by atoms with Crippen LogP contribution in [0.4, 0.5) is 0 Å². The molecule has 0 saturated heterocycles. The van der Waals surface area contributed by atoms with E-state index in [1.54, 1.807) is 0 Å². The van der Waals surface area contributed by atoms with E-state index in [1.165, 1.54) is 0 Å². The zero-order chi connectivity index (χ0) is 4.50. The van der Waals surface area contributed by atoms with Gasteiger partial charge in [-0.1, -0.05) is 0 Å². The maximum atomic E-state index is 9.08. The predicted molar refractivity (Wildman–Crippen MR) is 15.6 cm³/mol. The molecule has 0 aliphatic carbocycles. The van der Waals surface area contributed by atoms with Crippen molar-refractivity contribution in [2.45, 2.75) is 0 Å². The van der Waals surface area contributed by atoms with Crippen molar-refractivity contribution in [3.05, 3.63) is 0 Å². The van der Waals surface area contributed by atoms with E-state index in [2.05, 4.69) is 0 Å². The summed E-state index contributed by atoms with van der Waals surface area (Å²) in [6, 6.07) is 0. The standard InChI is InChI=1S/CH4O3S.2Ag/c1-5(2,3)4;;/h1H3,(H,2,3,4);;/q;2*+1/p-1. The molecule has 0 heterocycles. The van der Waals surface area contributed by atoms with E-state index in [1.807, 2.05) is 0 Å². The van der Waals surface area contributed by atoms with Crippen molar-refractivity contribution in [2.75, 3.05) is 6.26 Å². The molecular weight excluding hydrogens is 308 g/mol. The van der Waals surface area contributed by atoms with Gasteiger partial charge in [-0.15, -0.1) is 0 Å². The zero-order valence-corrected chi connectivity index (χ0v) is 7.02. The fourth-order valence-electron chi connectivity index (χ4n) is 0. The molecule has 0 saturated carbocycles. The van der Waals surface area contributed by atoms with Crippen LogP contribution in [0.5, 0.6) is 0 Å². The second-order valence-corrected chi connectivity index (χ2v) is 2.11. The van der Waals surface area contributed by atoms with E-state index in [-0.39, 0.29) is 44.8 Å². The molecule has 52 valence electrons. The first-order chi connectivity index (χ1) is 2.00. The zero-order valence-electron chi connectivity index (χ0n) is 3.24. The largest absolute Gasteiger partial charge is 1.00 e. The SMILES string of the molecule is CS(=O)(=O)[O-].[Ag+].[Ag+]. The quantitative estimate of drug-likeness (QED) is 0.433. The van der Waals surface area contributed by atoms with Crippen LogP contribution in [0.3, 0.4) is 0 Å². The van der Waals surface area contributed by atoms with Crippen LogP contribution in [0, 0.1) is 0 Å². The second-order valence-electron chi connectivity index (χ2n) is 0.704. The Morgan fingerprint density at radius 3 is 1.29 bits per heavy atom. The van der Waals surface area contributed by atoms with Gasteiger partial charge < -0.3 is 4.55 Å². The van der Waals surface area contributed by atoms with Crippen LogP contribution in [0.25, 0.3) is 0 Å². The summed E-state index contributed by atoms with van der Waals surface area (Å²) in [6.45, 7) is 0. The summed E-state index contributed by atoms with van der Waals surface area (Å²) in [5, 5.41) is 0. The third-order valence-electron chi connectivity index (χ3n) is 0. The maximum absolute atomic E-state index is 9.08. The summed E-state index contributed by atoms with van der Waals surface area (Å²) < 4.78 is 27.2. The average Bonchev–Trinajstić information content (AvgIpc) is 0.722. The first-order valence-corrected chi connectivity index (χ1v) is 2.72. The minimum absolute atomic E-state index is 0. The molecule has 6 heteroatoms. The minimum atomic E-state index is -3.92. The Kier molecular flexibility index (Phi) is 12.5. The molecule has 0 aromatic carbocycles. The monoisotopic (exact) mass is 309 g/mol. The van der Waals surface area contributed by atoms with E-state index >= 15 is 0 Å². The van der Waals surface area contributed by atoms with Gasteiger partial charge in [-0.05, 0) is 0 Å². The molecule has 0 N–H and O–H groups in total. The van der Waals surface area contributed by atoms with Gasteiger partial charge in [-0.25, -0.2) is 8.42 Å². The molecule has 0 aromatic heterocycles. The van der Waals surface area contributed by atoms with Crippen LogP contribution in [0.2, 0.25) is 0 Å². The van der Waals surface area contributed by atoms with Gasteiger partial charge in [-0.3, -0.25) is 0 Å². The van der Waals surface area contributed by atoms with Gasteiger partial charge in [0.15, 0.2) is 0 Å². The molecule has 3 nitrogen and oxygen atoms in total. The molecule has 0 atom stereocenters. The number of hydrogen-bond acceptors (Lipinski definition) is 3. The second kappa shape index (κ2) is 5.53. The van der Waals surface area contributed by atoms with Crippen LogP contribution in [0.1, 0.15) is 0 Å². The van der Waals surface area contributed by atoms with Gasteiger partial charge in [0.1, 0.15) is 0 Å². The molecular formula is CH3Ag2O3S+. The molecule has 0 unspecified atom stereocenters. The summed E-state index contributed by atoms with van der Waals surface area (Å²) in [5.41, 5.74) is 0. The molecule has 0 fully saturated rings. The van der Waals surface area contributed by atoms with Gasteiger partial charge in [-0.2, -0.15) is 0 Å². The fourth-order valence-corrected chi connectivity index (χ4v) is 0. The average molecular weight is 311 g/mol. The van der Waals surface area contributed by atoms with Gasteiger partial charge in [0.05, 0.1) is 10.1 Å². The smallest absolute Gasteiger partial charge is 0.748 e. The summed E-state index contributed by atoms with van der Waals surface area (Å²) in [6.07, 6.45) is 0.604. The minimum Gasteiger partial charge on any atom is -0.748 e. The molecule has 0 radical (unpaired) electrons. The van der Waals surface area contributed by atoms with E-state index in [0.717, 1.165) is 0 Å². The van der Waals surface area contributed by atoms with Crippen molar-refractivity contribution < 1.29 is 57.7 Å². The van der Waals surface area contributed by atoms with Gasteiger partial charge in [0.2, 0.25) is 0 Å². The van der Waals surface area contributed by atoms with Gasteiger partial charge in [0.25, 0.3) is 0 Å². The van der Waals surface area contributed by atoms with Crippen molar-refractivity contribution in [1.82, 2.24) is 0 Å². The summed E-state index contributed by atoms with van der Waals surface area (Å²) in [4.78, 5) is 0. The van der Waals surface area contributed by atoms with E-state index in [4.69, 9.17) is 13.0 Å². The first-order valence-electron chi connectivity index (χ1n) is 0.908. The molecule has 0 aromatic rings. The van der Waals surface area contributed by atoms with Crippen LogP contribution in [-0.2, 0) is 54.9 Å². The Morgan fingerprint density at radius 2 is 1.29 bits per heavy atom. The predicted octanol–water partition coefficient (Wildman–Crippen LogP) is -0.844. The Morgan fingerprint density at radius 1 is 1.29 bits per heavy atom. The van der Waals surface area contributed by atoms with Gasteiger partial charge in [0, 0.05) is 6.26 Å². The Balaban J connectivity index is -0.0000000800. The molecule has 0 aliphatic rings. The van der Waals surface area contributed by atoms with E-state index < -0.39 is 10.1 Å². The molecule has 0 aliphatic heterocycles. The van der Waals surface area contributed by atoms with Gasteiger partial charge >= 0.3 is 44.8 Å². The van der Waals surface area contributed by atoms with Crippen molar-refractivity contribution >= 4 is 10.1 Å². The van der Waals surface area contributed by atoms with Crippen molar-refractivity contribution in [1.29, 1.82) is 0 Å². The topological polar surface area (TPSA) is 57.2 Å². The van der Waals surface area contributed by atoms with Crippen LogP contribution in [-0.4, -0.2) is 19.2 Å². The van der Waals surface area contributed by atoms with Crippen molar-refractivity contribution in [2.24, 2.45) is 0 Å². The molecule has 0 amide bonds. The number of rotatable bonds is 0. The van der Waals surface area contributed by atoms with E-state index in [0.29, 0.717) is 6.26 Å². The third-order valence-corrected chi connectivity index (χ3v) is 0. The van der Waals surface area contributed by atoms with Crippen LogP contribution in [0.15, 0.2) is 0 Å². The summed E-state index contributed by atoms with van der Waals surface area (Å²) in [5.74, 6) is 0. The van der Waals surface area contributed by atoms with Crippen LogP contribution >= 0.6 is 0 Å². The molecule has 0 spiro atoms. The van der Waals surface area contributed by atoms with Crippen molar-refractivity contribution in [3.8, 4) is 0 Å². The normalized spacial score (nSPS) is 8.29. The molecule has 0 rings (SSSR count). The Labute approximate surface area is 73.6 Å². The number of hydrogen-bond donors (Lipinski definition) is 0. The van der Waals surface area contributed by atoms with Crippen molar-refractivity contribution in [3.63, 3.8) is 0 Å². The molecule has 0 bridgehead atoms. The van der Waals surface area contributed by atoms with Crippen LogP contribution < -0.4 is 0 Å². The maximum Gasteiger partial charge on any atom is 1.00 e.